The molecule has 0 saturated heterocycles. The van der Waals surface area contributed by atoms with Gasteiger partial charge in [-0.2, -0.15) is 12.6 Å². The molecule has 0 aliphatic rings. The Morgan fingerprint density at radius 1 is 0.944 bits per heavy atom. The van der Waals surface area contributed by atoms with Gasteiger partial charge in [-0.3, -0.25) is 0 Å². The lowest BCUT2D eigenvalue weighted by Crippen LogP contribution is -1.97. The van der Waals surface area contributed by atoms with Gasteiger partial charge in [-0.15, -0.1) is 0 Å². The van der Waals surface area contributed by atoms with E-state index in [1.807, 2.05) is 12.1 Å². The molecule has 1 rings (SSSR count). The Kier molecular flexibility index (Phi) is 9.85. The van der Waals surface area contributed by atoms with Gasteiger partial charge in [0.05, 0.1) is 6.61 Å². The van der Waals surface area contributed by atoms with Crippen molar-refractivity contribution in [1.82, 2.24) is 0 Å². The van der Waals surface area contributed by atoms with Gasteiger partial charge in [0, 0.05) is 3.57 Å². The third-order valence-corrected chi connectivity index (χ3v) is 3.85. The van der Waals surface area contributed by atoms with Crippen LogP contribution in [0.3, 0.4) is 0 Å². The number of rotatable bonds is 10. The second-order valence-corrected chi connectivity index (χ2v) is 6.20. The van der Waals surface area contributed by atoms with Crippen LogP contribution in [0.25, 0.3) is 0 Å². The summed E-state index contributed by atoms with van der Waals surface area (Å²) in [5.74, 6) is 2.03. The Morgan fingerprint density at radius 3 is 2.28 bits per heavy atom. The van der Waals surface area contributed by atoms with Crippen LogP contribution in [0.5, 0.6) is 5.75 Å². The second kappa shape index (κ2) is 11.0. The average molecular weight is 378 g/mol. The van der Waals surface area contributed by atoms with Gasteiger partial charge in [0.2, 0.25) is 0 Å². The molecule has 0 bridgehead atoms. The maximum atomic E-state index is 5.72. The fourth-order valence-electron chi connectivity index (χ4n) is 1.84. The van der Waals surface area contributed by atoms with E-state index in [2.05, 4.69) is 47.4 Å². The Balaban J connectivity index is 1.92. The molecule has 0 unspecified atom stereocenters. The van der Waals surface area contributed by atoms with Crippen molar-refractivity contribution in [1.29, 1.82) is 0 Å². The van der Waals surface area contributed by atoms with Crippen LogP contribution in [0.2, 0.25) is 0 Å². The van der Waals surface area contributed by atoms with Gasteiger partial charge < -0.3 is 4.74 Å². The van der Waals surface area contributed by atoms with E-state index >= 15 is 0 Å². The van der Waals surface area contributed by atoms with Crippen molar-refractivity contribution in [2.45, 2.75) is 44.9 Å². The van der Waals surface area contributed by atoms with Crippen LogP contribution in [-0.2, 0) is 0 Å². The van der Waals surface area contributed by atoms with Crippen LogP contribution in [0.4, 0.5) is 0 Å². The van der Waals surface area contributed by atoms with Crippen molar-refractivity contribution in [2.24, 2.45) is 0 Å². The monoisotopic (exact) mass is 378 g/mol. The number of halogens is 1. The van der Waals surface area contributed by atoms with Crippen molar-refractivity contribution in [3.05, 3.63) is 27.8 Å². The highest BCUT2D eigenvalue weighted by Crippen LogP contribution is 2.15. The third kappa shape index (κ3) is 8.25. The molecule has 1 nitrogen and oxygen atoms in total. The zero-order valence-electron chi connectivity index (χ0n) is 10.9. The SMILES string of the molecule is SCCCCCCCCCOc1cccc(I)c1. The smallest absolute Gasteiger partial charge is 0.120 e. The Labute approximate surface area is 130 Å². The number of hydrogen-bond acceptors (Lipinski definition) is 2. The zero-order valence-corrected chi connectivity index (χ0v) is 14.0. The molecule has 0 N–H and O–H groups in total. The topological polar surface area (TPSA) is 9.23 Å². The van der Waals surface area contributed by atoms with Crippen molar-refractivity contribution in [3.8, 4) is 5.75 Å². The highest BCUT2D eigenvalue weighted by atomic mass is 127. The molecule has 0 saturated carbocycles. The molecule has 0 aliphatic heterocycles. The largest absolute Gasteiger partial charge is 0.494 e. The molecule has 0 heterocycles. The Hall–Kier alpha value is 0.100. The molecule has 102 valence electrons. The van der Waals surface area contributed by atoms with Crippen molar-refractivity contribution >= 4 is 35.2 Å². The van der Waals surface area contributed by atoms with E-state index in [1.165, 1.54) is 42.1 Å². The summed E-state index contributed by atoms with van der Waals surface area (Å²) in [5.41, 5.74) is 0. The van der Waals surface area contributed by atoms with E-state index in [0.717, 1.165) is 24.5 Å². The first kappa shape index (κ1) is 16.2. The van der Waals surface area contributed by atoms with Gasteiger partial charge in [-0.1, -0.05) is 38.2 Å². The first-order valence-electron chi connectivity index (χ1n) is 6.82. The van der Waals surface area contributed by atoms with Crippen molar-refractivity contribution in [3.63, 3.8) is 0 Å². The summed E-state index contributed by atoms with van der Waals surface area (Å²) < 4.78 is 6.95. The molecular weight excluding hydrogens is 355 g/mol. The lowest BCUT2D eigenvalue weighted by Gasteiger charge is -2.06. The predicted octanol–water partition coefficient (Wildman–Crippen LogP) is 5.33. The van der Waals surface area contributed by atoms with Gasteiger partial charge in [0.15, 0.2) is 0 Å². The Morgan fingerprint density at radius 2 is 1.61 bits per heavy atom. The minimum atomic E-state index is 0.844. The number of ether oxygens (including phenoxy) is 1. The fraction of sp³-hybridized carbons (Fsp3) is 0.600. The number of benzene rings is 1. The minimum absolute atomic E-state index is 0.844. The summed E-state index contributed by atoms with van der Waals surface area (Å²) in [7, 11) is 0. The number of hydrogen-bond donors (Lipinski definition) is 1. The molecule has 0 atom stereocenters. The van der Waals surface area contributed by atoms with E-state index in [4.69, 9.17) is 4.74 Å². The maximum absolute atomic E-state index is 5.72. The molecule has 18 heavy (non-hydrogen) atoms. The van der Waals surface area contributed by atoms with Crippen LogP contribution in [0, 0.1) is 3.57 Å². The second-order valence-electron chi connectivity index (χ2n) is 4.50. The molecule has 1 aromatic carbocycles. The maximum Gasteiger partial charge on any atom is 0.120 e. The lowest BCUT2D eigenvalue weighted by molar-refractivity contribution is 0.304. The van der Waals surface area contributed by atoms with E-state index in [0.29, 0.717) is 0 Å². The van der Waals surface area contributed by atoms with Crippen LogP contribution < -0.4 is 4.74 Å². The standard InChI is InChI=1S/C15H23IOS/c16-14-9-8-10-15(13-14)17-11-6-4-2-1-3-5-7-12-18/h8-10,13,18H,1-7,11-12H2. The number of unbranched alkanes of at least 4 members (excludes halogenated alkanes) is 6. The zero-order chi connectivity index (χ0) is 13.1. The van der Waals surface area contributed by atoms with E-state index in [-0.39, 0.29) is 0 Å². The summed E-state index contributed by atoms with van der Waals surface area (Å²) in [6, 6.07) is 8.23. The van der Waals surface area contributed by atoms with Gasteiger partial charge >= 0.3 is 0 Å². The molecule has 0 spiro atoms. The molecule has 0 aromatic heterocycles. The first-order valence-corrected chi connectivity index (χ1v) is 8.53. The van der Waals surface area contributed by atoms with E-state index in [9.17, 15) is 0 Å². The molecule has 0 aliphatic carbocycles. The highest BCUT2D eigenvalue weighted by molar-refractivity contribution is 14.1. The van der Waals surface area contributed by atoms with Gasteiger partial charge in [-0.25, -0.2) is 0 Å². The van der Waals surface area contributed by atoms with Crippen LogP contribution in [0.15, 0.2) is 24.3 Å². The summed E-state index contributed by atoms with van der Waals surface area (Å²) in [6.45, 7) is 0.844. The van der Waals surface area contributed by atoms with E-state index in [1.54, 1.807) is 0 Å². The Bertz CT molecular complexity index is 317. The highest BCUT2D eigenvalue weighted by Gasteiger charge is 1.95. The summed E-state index contributed by atoms with van der Waals surface area (Å²) in [6.07, 6.45) is 9.10. The lowest BCUT2D eigenvalue weighted by atomic mass is 10.1. The molecule has 0 amide bonds. The van der Waals surface area contributed by atoms with Crippen LogP contribution in [-0.4, -0.2) is 12.4 Å². The van der Waals surface area contributed by atoms with Crippen LogP contribution >= 0.6 is 35.2 Å². The van der Waals surface area contributed by atoms with E-state index < -0.39 is 0 Å². The fourth-order valence-corrected chi connectivity index (χ4v) is 2.58. The predicted molar refractivity (Wildman–Crippen MR) is 90.8 cm³/mol. The summed E-state index contributed by atoms with van der Waals surface area (Å²) >= 11 is 6.53. The van der Waals surface area contributed by atoms with Crippen molar-refractivity contribution in [2.75, 3.05) is 12.4 Å². The molecule has 1 aromatic rings. The third-order valence-electron chi connectivity index (χ3n) is 2.87. The van der Waals surface area contributed by atoms with Crippen molar-refractivity contribution < 1.29 is 4.74 Å². The normalized spacial score (nSPS) is 10.6. The summed E-state index contributed by atoms with van der Waals surface area (Å²) in [5, 5.41) is 0. The first-order chi connectivity index (χ1) is 8.83. The molecule has 3 heteroatoms. The quantitative estimate of drug-likeness (QED) is 0.329. The van der Waals surface area contributed by atoms with Gasteiger partial charge in [0.1, 0.15) is 5.75 Å². The molecule has 0 fully saturated rings. The summed E-state index contributed by atoms with van der Waals surface area (Å²) in [4.78, 5) is 0. The van der Waals surface area contributed by atoms with Gasteiger partial charge in [-0.05, 0) is 59.4 Å². The molecule has 0 radical (unpaired) electrons. The molecular formula is C15H23IOS. The average Bonchev–Trinajstić information content (AvgIpc) is 2.37. The number of thiol groups is 1. The minimum Gasteiger partial charge on any atom is -0.494 e. The van der Waals surface area contributed by atoms with Gasteiger partial charge in [0.25, 0.3) is 0 Å². The van der Waals surface area contributed by atoms with Crippen LogP contribution in [0.1, 0.15) is 44.9 Å².